The molecule has 0 radical (unpaired) electrons. The van der Waals surface area contributed by atoms with E-state index >= 15 is 0 Å². The van der Waals surface area contributed by atoms with Crippen molar-refractivity contribution < 1.29 is 14.4 Å². The molecule has 1 spiro atoms. The van der Waals surface area contributed by atoms with Crippen LogP contribution in [0.5, 0.6) is 0 Å². The third-order valence-corrected chi connectivity index (χ3v) is 5.02. The molecule has 0 unspecified atom stereocenters. The summed E-state index contributed by atoms with van der Waals surface area (Å²) in [6.45, 7) is 9.40. The van der Waals surface area contributed by atoms with Gasteiger partial charge in [-0.3, -0.25) is 14.5 Å². The lowest BCUT2D eigenvalue weighted by atomic mass is 9.90. The minimum Gasteiger partial charge on any atom is -0.341 e. The van der Waals surface area contributed by atoms with Gasteiger partial charge in [0.05, 0.1) is 0 Å². The van der Waals surface area contributed by atoms with Gasteiger partial charge in [0.25, 0.3) is 5.91 Å². The van der Waals surface area contributed by atoms with Gasteiger partial charge in [-0.1, -0.05) is 53.4 Å². The van der Waals surface area contributed by atoms with Gasteiger partial charge in [0, 0.05) is 13.1 Å². The van der Waals surface area contributed by atoms with Gasteiger partial charge >= 0.3 is 6.03 Å². The number of nitrogens with one attached hydrogen (secondary N) is 1. The monoisotopic (exact) mass is 351 g/mol. The number of rotatable bonds is 6. The van der Waals surface area contributed by atoms with Crippen LogP contribution in [-0.2, 0) is 9.59 Å². The molecule has 142 valence electrons. The molecule has 0 aromatic heterocycles. The highest BCUT2D eigenvalue weighted by Crippen LogP contribution is 2.32. The summed E-state index contributed by atoms with van der Waals surface area (Å²) in [5.41, 5.74) is -0.769. The van der Waals surface area contributed by atoms with Crippen LogP contribution in [0.3, 0.4) is 0 Å². The molecular formula is C19H33N3O3. The summed E-state index contributed by atoms with van der Waals surface area (Å²) in [4.78, 5) is 41.0. The highest BCUT2D eigenvalue weighted by Gasteiger charge is 2.51. The lowest BCUT2D eigenvalue weighted by Gasteiger charge is -2.28. The van der Waals surface area contributed by atoms with Crippen LogP contribution in [-0.4, -0.2) is 52.8 Å². The zero-order valence-corrected chi connectivity index (χ0v) is 16.1. The van der Waals surface area contributed by atoms with Crippen molar-refractivity contribution in [3.8, 4) is 0 Å². The Morgan fingerprint density at radius 2 is 1.56 bits per heavy atom. The van der Waals surface area contributed by atoms with Gasteiger partial charge in [0.15, 0.2) is 0 Å². The summed E-state index contributed by atoms with van der Waals surface area (Å²) in [7, 11) is 0. The van der Waals surface area contributed by atoms with E-state index in [1.165, 1.54) is 0 Å². The van der Waals surface area contributed by atoms with Gasteiger partial charge < -0.3 is 10.2 Å². The fourth-order valence-corrected chi connectivity index (χ4v) is 3.89. The summed E-state index contributed by atoms with van der Waals surface area (Å²) >= 11 is 0. The van der Waals surface area contributed by atoms with E-state index in [1.54, 1.807) is 4.90 Å². The average molecular weight is 351 g/mol. The van der Waals surface area contributed by atoms with Crippen molar-refractivity contribution in [2.75, 3.05) is 19.6 Å². The summed E-state index contributed by atoms with van der Waals surface area (Å²) in [6.07, 6.45) is 5.45. The quantitative estimate of drug-likeness (QED) is 0.748. The largest absolute Gasteiger partial charge is 0.341 e. The predicted molar refractivity (Wildman–Crippen MR) is 96.9 cm³/mol. The number of amides is 4. The Morgan fingerprint density at radius 3 is 2.04 bits per heavy atom. The molecule has 4 amide bonds. The molecule has 1 N–H and O–H groups in total. The molecule has 1 saturated carbocycles. The molecule has 0 atom stereocenters. The Bertz CT molecular complexity index is 498. The van der Waals surface area contributed by atoms with Crippen LogP contribution in [0.25, 0.3) is 0 Å². The molecule has 1 aliphatic heterocycles. The van der Waals surface area contributed by atoms with Crippen LogP contribution < -0.4 is 5.32 Å². The number of imide groups is 1. The number of nitrogens with zero attached hydrogens (tertiary/aromatic N) is 2. The van der Waals surface area contributed by atoms with Crippen LogP contribution in [0.4, 0.5) is 4.79 Å². The highest BCUT2D eigenvalue weighted by molar-refractivity contribution is 6.09. The maximum Gasteiger partial charge on any atom is 0.325 e. The Labute approximate surface area is 151 Å². The summed E-state index contributed by atoms with van der Waals surface area (Å²) in [6, 6.07) is -0.408. The molecule has 6 nitrogen and oxygen atoms in total. The van der Waals surface area contributed by atoms with E-state index in [0.717, 1.165) is 30.6 Å². The van der Waals surface area contributed by atoms with Crippen LogP contribution in [0.2, 0.25) is 0 Å². The second-order valence-corrected chi connectivity index (χ2v) is 8.40. The summed E-state index contributed by atoms with van der Waals surface area (Å²) < 4.78 is 0. The maximum absolute atomic E-state index is 12.9. The molecule has 6 heteroatoms. The molecule has 1 saturated heterocycles. The molecular weight excluding hydrogens is 318 g/mol. The van der Waals surface area contributed by atoms with Crippen molar-refractivity contribution in [1.82, 2.24) is 15.1 Å². The Hall–Kier alpha value is -1.59. The number of carbonyl (C=O) groups is 3. The zero-order chi connectivity index (χ0) is 18.6. The first-order valence-electron chi connectivity index (χ1n) is 9.67. The minimum atomic E-state index is -0.769. The normalized spacial score (nSPS) is 20.3. The van der Waals surface area contributed by atoms with E-state index in [-0.39, 0.29) is 18.4 Å². The summed E-state index contributed by atoms with van der Waals surface area (Å²) in [5.74, 6) is 0.344. The van der Waals surface area contributed by atoms with Gasteiger partial charge in [0.2, 0.25) is 5.91 Å². The van der Waals surface area contributed by atoms with E-state index < -0.39 is 11.6 Å². The molecule has 0 aromatic carbocycles. The second kappa shape index (κ2) is 8.19. The lowest BCUT2D eigenvalue weighted by molar-refractivity contribution is -0.139. The summed E-state index contributed by atoms with van der Waals surface area (Å²) in [5, 5.41) is 2.90. The number of hydrogen-bond acceptors (Lipinski definition) is 3. The molecule has 2 aliphatic rings. The topological polar surface area (TPSA) is 69.7 Å². The Balaban J connectivity index is 2.08. The first-order chi connectivity index (χ1) is 11.7. The fraction of sp³-hybridized carbons (Fsp3) is 0.842. The molecule has 1 heterocycles. The van der Waals surface area contributed by atoms with Crippen molar-refractivity contribution in [3.63, 3.8) is 0 Å². The molecule has 0 aromatic rings. The fourth-order valence-electron chi connectivity index (χ4n) is 3.89. The van der Waals surface area contributed by atoms with Crippen molar-refractivity contribution in [1.29, 1.82) is 0 Å². The van der Waals surface area contributed by atoms with Gasteiger partial charge in [-0.25, -0.2) is 4.79 Å². The third kappa shape index (κ3) is 4.73. The van der Waals surface area contributed by atoms with Crippen molar-refractivity contribution >= 4 is 17.8 Å². The minimum absolute atomic E-state index is 0.142. The van der Waals surface area contributed by atoms with Crippen LogP contribution in [0, 0.1) is 11.8 Å². The molecule has 2 fully saturated rings. The van der Waals surface area contributed by atoms with Crippen molar-refractivity contribution in [3.05, 3.63) is 0 Å². The van der Waals surface area contributed by atoms with Crippen LogP contribution >= 0.6 is 0 Å². The Morgan fingerprint density at radius 1 is 1.04 bits per heavy atom. The lowest BCUT2D eigenvalue weighted by Crippen LogP contribution is -2.48. The van der Waals surface area contributed by atoms with Gasteiger partial charge in [-0.05, 0) is 24.7 Å². The van der Waals surface area contributed by atoms with Crippen molar-refractivity contribution in [2.45, 2.75) is 71.8 Å². The van der Waals surface area contributed by atoms with Crippen molar-refractivity contribution in [2.24, 2.45) is 11.8 Å². The first-order valence-corrected chi connectivity index (χ1v) is 9.67. The van der Waals surface area contributed by atoms with Crippen LogP contribution in [0.15, 0.2) is 0 Å². The maximum atomic E-state index is 12.9. The predicted octanol–water partition coefficient (Wildman–Crippen LogP) is 2.77. The second-order valence-electron chi connectivity index (χ2n) is 8.40. The van der Waals surface area contributed by atoms with E-state index in [4.69, 9.17) is 0 Å². The molecule has 1 aliphatic carbocycles. The van der Waals surface area contributed by atoms with E-state index in [1.807, 2.05) is 0 Å². The number of hydrogen-bond donors (Lipinski definition) is 1. The van der Waals surface area contributed by atoms with E-state index in [2.05, 4.69) is 33.0 Å². The smallest absolute Gasteiger partial charge is 0.325 e. The van der Waals surface area contributed by atoms with E-state index in [9.17, 15) is 14.4 Å². The number of carbonyl (C=O) groups excluding carboxylic acids is 3. The SMILES string of the molecule is CC(C)CN(CC(C)C)C(=O)CN1C(=O)NC2(CCCCCC2)C1=O. The van der Waals surface area contributed by atoms with Gasteiger partial charge in [-0.2, -0.15) is 0 Å². The Kier molecular flexibility index (Phi) is 6.47. The molecule has 25 heavy (non-hydrogen) atoms. The first kappa shape index (κ1) is 19.7. The van der Waals surface area contributed by atoms with Gasteiger partial charge in [-0.15, -0.1) is 0 Å². The van der Waals surface area contributed by atoms with Gasteiger partial charge in [0.1, 0.15) is 12.1 Å². The van der Waals surface area contributed by atoms with Crippen LogP contribution in [0.1, 0.15) is 66.2 Å². The molecule has 2 rings (SSSR count). The third-order valence-electron chi connectivity index (χ3n) is 5.02. The molecule has 0 bridgehead atoms. The average Bonchev–Trinajstić information content (AvgIpc) is 2.70. The standard InChI is InChI=1S/C19H33N3O3/c1-14(2)11-21(12-15(3)4)16(23)13-22-17(24)19(20-18(22)25)9-7-5-6-8-10-19/h14-15H,5-13H2,1-4H3,(H,20,25). The van der Waals surface area contributed by atoms with E-state index in [0.29, 0.717) is 37.8 Å². The zero-order valence-electron chi connectivity index (χ0n) is 16.1. The highest BCUT2D eigenvalue weighted by atomic mass is 16.2. The number of urea groups is 1.